The first-order chi connectivity index (χ1) is 14.0. The fourth-order valence-corrected chi connectivity index (χ4v) is 4.07. The summed E-state index contributed by atoms with van der Waals surface area (Å²) in [5.41, 5.74) is 0.997. The third-order valence-corrected chi connectivity index (χ3v) is 5.69. The quantitative estimate of drug-likeness (QED) is 0.240. The van der Waals surface area contributed by atoms with Crippen LogP contribution in [0.5, 0.6) is 0 Å². The Bertz CT molecular complexity index is 619. The van der Waals surface area contributed by atoms with Crippen LogP contribution < -0.4 is 10.6 Å². The molecule has 1 heterocycles. The Kier molecular flexibility index (Phi) is 12.8. The third-order valence-electron chi connectivity index (χ3n) is 5.69. The number of aliphatic hydroxyl groups excluding tert-OH is 1. The van der Waals surface area contributed by atoms with Gasteiger partial charge in [0.1, 0.15) is 5.82 Å². The van der Waals surface area contributed by atoms with Gasteiger partial charge >= 0.3 is 0 Å². The van der Waals surface area contributed by atoms with Gasteiger partial charge in [0.15, 0.2) is 5.96 Å². The summed E-state index contributed by atoms with van der Waals surface area (Å²) in [5.74, 6) is 1.59. The normalized spacial score (nSPS) is 17.3. The Balaban J connectivity index is 0.00000450. The number of guanidine groups is 1. The van der Waals surface area contributed by atoms with Gasteiger partial charge < -0.3 is 20.5 Å². The van der Waals surface area contributed by atoms with Crippen LogP contribution in [-0.2, 0) is 10.2 Å². The molecule has 1 fully saturated rings. The second kappa shape index (κ2) is 14.2. The maximum atomic E-state index is 13.4. The molecule has 7 heteroatoms. The summed E-state index contributed by atoms with van der Waals surface area (Å²) in [6, 6.07) is 6.84. The maximum Gasteiger partial charge on any atom is 0.191 e. The van der Waals surface area contributed by atoms with E-state index in [9.17, 15) is 9.50 Å². The smallest absolute Gasteiger partial charge is 0.191 e. The molecule has 1 unspecified atom stereocenters. The molecule has 0 saturated carbocycles. The number of rotatable bonds is 10. The van der Waals surface area contributed by atoms with E-state index < -0.39 is 0 Å². The lowest BCUT2D eigenvalue weighted by Gasteiger charge is -2.36. The van der Waals surface area contributed by atoms with Crippen molar-refractivity contribution in [1.82, 2.24) is 10.6 Å². The van der Waals surface area contributed by atoms with E-state index in [4.69, 9.17) is 9.73 Å². The number of nitrogens with one attached hydrogen (secondary N) is 2. The lowest BCUT2D eigenvalue weighted by Crippen LogP contribution is -2.42. The number of halogens is 2. The molecule has 1 aromatic rings. The Morgan fingerprint density at radius 2 is 1.87 bits per heavy atom. The second-order valence-corrected chi connectivity index (χ2v) is 8.48. The van der Waals surface area contributed by atoms with Crippen molar-refractivity contribution in [1.29, 1.82) is 0 Å². The van der Waals surface area contributed by atoms with Crippen LogP contribution in [0.15, 0.2) is 29.3 Å². The molecule has 0 amide bonds. The van der Waals surface area contributed by atoms with Crippen molar-refractivity contribution in [3.05, 3.63) is 35.6 Å². The summed E-state index contributed by atoms with van der Waals surface area (Å²) in [6.07, 6.45) is 3.62. The van der Waals surface area contributed by atoms with Gasteiger partial charge in [-0.05, 0) is 62.1 Å². The van der Waals surface area contributed by atoms with Gasteiger partial charge in [-0.2, -0.15) is 0 Å². The van der Waals surface area contributed by atoms with Gasteiger partial charge in [-0.25, -0.2) is 4.39 Å². The number of benzene rings is 1. The van der Waals surface area contributed by atoms with Crippen molar-refractivity contribution in [2.24, 2.45) is 16.8 Å². The average Bonchev–Trinajstić information content (AvgIpc) is 2.71. The van der Waals surface area contributed by atoms with E-state index in [2.05, 4.69) is 31.4 Å². The molecule has 30 heavy (non-hydrogen) atoms. The molecule has 0 spiro atoms. The molecule has 2 rings (SSSR count). The molecule has 0 radical (unpaired) electrons. The third kappa shape index (κ3) is 8.67. The van der Waals surface area contributed by atoms with Crippen molar-refractivity contribution < 1.29 is 14.2 Å². The summed E-state index contributed by atoms with van der Waals surface area (Å²) in [7, 11) is 0. The second-order valence-electron chi connectivity index (χ2n) is 8.48. The standard InChI is InChI=1S/C23H38FN3O2.HI/c1-4-25-22(26-16-19(9-12-28)15-18(2)3)27-17-23(10-13-29-14-11-23)20-5-7-21(24)8-6-20;/h5-8,18-19,28H,4,9-17H2,1-3H3,(H2,25,26,27);1H. The number of aliphatic imine (C=N–C) groups is 1. The van der Waals surface area contributed by atoms with E-state index in [1.807, 2.05) is 12.1 Å². The molecule has 1 aliphatic rings. The van der Waals surface area contributed by atoms with Gasteiger partial charge in [0, 0.05) is 38.3 Å². The van der Waals surface area contributed by atoms with Crippen molar-refractivity contribution in [2.75, 3.05) is 39.5 Å². The molecule has 1 atom stereocenters. The zero-order valence-corrected chi connectivity index (χ0v) is 21.0. The molecule has 0 aromatic heterocycles. The highest BCUT2D eigenvalue weighted by molar-refractivity contribution is 14.0. The molecular formula is C23H39FIN3O2. The first-order valence-electron chi connectivity index (χ1n) is 11.0. The van der Waals surface area contributed by atoms with E-state index in [0.29, 0.717) is 31.6 Å². The van der Waals surface area contributed by atoms with Gasteiger partial charge in [-0.1, -0.05) is 26.0 Å². The minimum absolute atomic E-state index is 0. The molecule has 5 nitrogen and oxygen atoms in total. The largest absolute Gasteiger partial charge is 0.396 e. The number of nitrogens with zero attached hydrogens (tertiary/aromatic N) is 1. The van der Waals surface area contributed by atoms with Crippen LogP contribution in [0.25, 0.3) is 0 Å². The highest BCUT2D eigenvalue weighted by Crippen LogP contribution is 2.35. The van der Waals surface area contributed by atoms with Crippen LogP contribution in [0.4, 0.5) is 4.39 Å². The van der Waals surface area contributed by atoms with Crippen LogP contribution >= 0.6 is 24.0 Å². The fourth-order valence-electron chi connectivity index (χ4n) is 4.07. The molecule has 1 aliphatic heterocycles. The molecule has 172 valence electrons. The SMILES string of the molecule is CCNC(=NCC1(c2ccc(F)cc2)CCOCC1)NCC(CCO)CC(C)C.I. The maximum absolute atomic E-state index is 13.4. The molecule has 3 N–H and O–H groups in total. The Morgan fingerprint density at radius 3 is 2.43 bits per heavy atom. The van der Waals surface area contributed by atoms with Gasteiger partial charge in [0.2, 0.25) is 0 Å². The van der Waals surface area contributed by atoms with Crippen molar-refractivity contribution in [3.63, 3.8) is 0 Å². The number of hydrogen-bond donors (Lipinski definition) is 3. The van der Waals surface area contributed by atoms with Crippen molar-refractivity contribution in [2.45, 2.75) is 51.9 Å². The van der Waals surface area contributed by atoms with Crippen LogP contribution in [-0.4, -0.2) is 50.5 Å². The van der Waals surface area contributed by atoms with E-state index >= 15 is 0 Å². The Morgan fingerprint density at radius 1 is 1.20 bits per heavy atom. The van der Waals surface area contributed by atoms with Crippen molar-refractivity contribution in [3.8, 4) is 0 Å². The van der Waals surface area contributed by atoms with E-state index in [0.717, 1.165) is 50.3 Å². The summed E-state index contributed by atoms with van der Waals surface area (Å²) >= 11 is 0. The van der Waals surface area contributed by atoms with Crippen LogP contribution in [0.2, 0.25) is 0 Å². The lowest BCUT2D eigenvalue weighted by atomic mass is 9.74. The Labute approximate surface area is 198 Å². The minimum Gasteiger partial charge on any atom is -0.396 e. The summed E-state index contributed by atoms with van der Waals surface area (Å²) in [6.45, 7) is 10.3. The average molecular weight is 535 g/mol. The lowest BCUT2D eigenvalue weighted by molar-refractivity contribution is 0.0531. The van der Waals surface area contributed by atoms with E-state index in [1.54, 1.807) is 0 Å². The van der Waals surface area contributed by atoms with Gasteiger partial charge in [0.25, 0.3) is 0 Å². The molecule has 1 aromatic carbocycles. The predicted octanol–water partition coefficient (Wildman–Crippen LogP) is 4.09. The monoisotopic (exact) mass is 535 g/mol. The summed E-state index contributed by atoms with van der Waals surface area (Å²) < 4.78 is 19.0. The summed E-state index contributed by atoms with van der Waals surface area (Å²) in [4.78, 5) is 4.90. The first-order valence-corrected chi connectivity index (χ1v) is 11.0. The minimum atomic E-state index is -0.213. The highest BCUT2D eigenvalue weighted by Gasteiger charge is 2.34. The molecule has 0 bridgehead atoms. The summed E-state index contributed by atoms with van der Waals surface area (Å²) in [5, 5.41) is 16.2. The molecule has 0 aliphatic carbocycles. The topological polar surface area (TPSA) is 65.9 Å². The number of aliphatic hydroxyl groups is 1. The van der Waals surface area contributed by atoms with Crippen LogP contribution in [0.3, 0.4) is 0 Å². The van der Waals surface area contributed by atoms with Gasteiger partial charge in [0.05, 0.1) is 6.54 Å². The van der Waals surface area contributed by atoms with Gasteiger partial charge in [-0.3, -0.25) is 4.99 Å². The van der Waals surface area contributed by atoms with Crippen molar-refractivity contribution >= 4 is 29.9 Å². The van der Waals surface area contributed by atoms with E-state index in [-0.39, 0.29) is 41.8 Å². The zero-order chi connectivity index (χ0) is 21.1. The Hall–Kier alpha value is -0.930. The molecular weight excluding hydrogens is 496 g/mol. The predicted molar refractivity (Wildman–Crippen MR) is 132 cm³/mol. The first kappa shape index (κ1) is 27.1. The number of ether oxygens (including phenoxy) is 1. The van der Waals surface area contributed by atoms with Crippen LogP contribution in [0.1, 0.15) is 52.0 Å². The number of hydrogen-bond acceptors (Lipinski definition) is 3. The van der Waals surface area contributed by atoms with E-state index in [1.165, 1.54) is 12.1 Å². The van der Waals surface area contributed by atoms with Crippen LogP contribution in [0, 0.1) is 17.7 Å². The highest BCUT2D eigenvalue weighted by atomic mass is 127. The molecule has 1 saturated heterocycles. The fraction of sp³-hybridized carbons (Fsp3) is 0.696. The van der Waals surface area contributed by atoms with Gasteiger partial charge in [-0.15, -0.1) is 24.0 Å². The zero-order valence-electron chi connectivity index (χ0n) is 18.6.